The van der Waals surface area contributed by atoms with Crippen LogP contribution >= 0.6 is 0 Å². The van der Waals surface area contributed by atoms with Crippen LogP contribution < -0.4 is 20.7 Å². The van der Waals surface area contributed by atoms with Crippen LogP contribution in [0.2, 0.25) is 0 Å². The van der Waals surface area contributed by atoms with Crippen molar-refractivity contribution in [3.63, 3.8) is 0 Å². The minimum absolute atomic E-state index is 0.0753. The molecule has 0 aromatic carbocycles. The number of rotatable bonds is 6. The number of carbonyl (C=O) groups is 1. The molecular formula is C16H27N5O2. The second kappa shape index (κ2) is 8.97. The van der Waals surface area contributed by atoms with E-state index in [0.717, 1.165) is 5.56 Å². The number of amides is 1. The summed E-state index contributed by atoms with van der Waals surface area (Å²) in [6.07, 6.45) is 1.68. The fraction of sp³-hybridized carbons (Fsp3) is 0.562. The van der Waals surface area contributed by atoms with Crippen LogP contribution in [0.3, 0.4) is 0 Å². The summed E-state index contributed by atoms with van der Waals surface area (Å²) in [4.78, 5) is 20.4. The number of aliphatic imine (C=N–C) groups is 1. The molecule has 0 saturated heterocycles. The molecule has 7 nitrogen and oxygen atoms in total. The number of aromatic nitrogens is 1. The molecular weight excluding hydrogens is 294 g/mol. The van der Waals surface area contributed by atoms with Crippen LogP contribution in [0.5, 0.6) is 5.88 Å². The molecule has 1 aromatic heterocycles. The summed E-state index contributed by atoms with van der Waals surface area (Å²) in [5, 5.41) is 9.03. The van der Waals surface area contributed by atoms with Gasteiger partial charge in [-0.2, -0.15) is 0 Å². The van der Waals surface area contributed by atoms with Gasteiger partial charge in [0.05, 0.1) is 20.2 Å². The SMILES string of the molecule is CCNC(=NCc1ccnc(OC)c1)NCC(=O)NC(C)(C)C. The molecule has 0 aliphatic heterocycles. The van der Waals surface area contributed by atoms with Crippen LogP contribution in [0.4, 0.5) is 0 Å². The quantitative estimate of drug-likeness (QED) is 0.539. The fourth-order valence-electron chi connectivity index (χ4n) is 1.80. The Kier molecular flexibility index (Phi) is 7.31. The Morgan fingerprint density at radius 3 is 2.70 bits per heavy atom. The van der Waals surface area contributed by atoms with Crippen molar-refractivity contribution in [1.29, 1.82) is 0 Å². The number of hydrogen-bond acceptors (Lipinski definition) is 4. The lowest BCUT2D eigenvalue weighted by Crippen LogP contribution is -2.48. The molecule has 0 aliphatic rings. The van der Waals surface area contributed by atoms with Crippen LogP contribution in [0.15, 0.2) is 23.3 Å². The van der Waals surface area contributed by atoms with Gasteiger partial charge in [-0.05, 0) is 39.3 Å². The molecule has 0 unspecified atom stereocenters. The Morgan fingerprint density at radius 2 is 2.09 bits per heavy atom. The van der Waals surface area contributed by atoms with Crippen molar-refractivity contribution in [2.45, 2.75) is 39.8 Å². The Labute approximate surface area is 137 Å². The number of nitrogens with one attached hydrogen (secondary N) is 3. The first kappa shape index (κ1) is 18.7. The van der Waals surface area contributed by atoms with E-state index in [-0.39, 0.29) is 18.0 Å². The highest BCUT2D eigenvalue weighted by molar-refractivity contribution is 5.86. The van der Waals surface area contributed by atoms with Crippen molar-refractivity contribution < 1.29 is 9.53 Å². The average Bonchev–Trinajstić information content (AvgIpc) is 2.48. The van der Waals surface area contributed by atoms with E-state index in [9.17, 15) is 4.79 Å². The highest BCUT2D eigenvalue weighted by Gasteiger charge is 2.13. The maximum Gasteiger partial charge on any atom is 0.239 e. The Morgan fingerprint density at radius 1 is 1.35 bits per heavy atom. The molecule has 0 fully saturated rings. The van der Waals surface area contributed by atoms with Crippen molar-refractivity contribution in [3.05, 3.63) is 23.9 Å². The molecule has 0 atom stereocenters. The third-order valence-electron chi connectivity index (χ3n) is 2.70. The van der Waals surface area contributed by atoms with Crippen molar-refractivity contribution in [2.24, 2.45) is 4.99 Å². The van der Waals surface area contributed by atoms with Gasteiger partial charge in [0.25, 0.3) is 0 Å². The van der Waals surface area contributed by atoms with Crippen molar-refractivity contribution in [1.82, 2.24) is 20.9 Å². The summed E-state index contributed by atoms with van der Waals surface area (Å²) in [5.41, 5.74) is 0.732. The van der Waals surface area contributed by atoms with Crippen LogP contribution in [-0.4, -0.2) is 42.6 Å². The standard InChI is InChI=1S/C16H27N5O2/c1-6-17-15(20-11-13(22)21-16(2,3)4)19-10-12-7-8-18-14(9-12)23-5/h7-9H,6,10-11H2,1-5H3,(H,21,22)(H2,17,19,20). The molecule has 0 radical (unpaired) electrons. The smallest absolute Gasteiger partial charge is 0.239 e. The molecule has 7 heteroatoms. The summed E-state index contributed by atoms with van der Waals surface area (Å²) in [6, 6.07) is 3.71. The van der Waals surface area contributed by atoms with Crippen molar-refractivity contribution in [2.75, 3.05) is 20.2 Å². The summed E-state index contributed by atoms with van der Waals surface area (Å²) in [5.74, 6) is 1.07. The van der Waals surface area contributed by atoms with Crippen LogP contribution in [0.1, 0.15) is 33.3 Å². The van der Waals surface area contributed by atoms with Gasteiger partial charge in [-0.15, -0.1) is 0 Å². The zero-order chi connectivity index (χ0) is 17.3. The molecule has 1 heterocycles. The van der Waals surface area contributed by atoms with E-state index >= 15 is 0 Å². The van der Waals surface area contributed by atoms with Crippen LogP contribution in [-0.2, 0) is 11.3 Å². The van der Waals surface area contributed by atoms with Gasteiger partial charge < -0.3 is 20.7 Å². The first-order valence-corrected chi connectivity index (χ1v) is 7.66. The number of carbonyl (C=O) groups excluding carboxylic acids is 1. The monoisotopic (exact) mass is 321 g/mol. The highest BCUT2D eigenvalue weighted by atomic mass is 16.5. The summed E-state index contributed by atoms with van der Waals surface area (Å²) >= 11 is 0. The normalized spacial score (nSPS) is 11.8. The van der Waals surface area contributed by atoms with E-state index in [1.54, 1.807) is 13.3 Å². The van der Waals surface area contributed by atoms with E-state index < -0.39 is 0 Å². The lowest BCUT2D eigenvalue weighted by atomic mass is 10.1. The first-order chi connectivity index (χ1) is 10.8. The Hall–Kier alpha value is -2.31. The number of nitrogens with zero attached hydrogens (tertiary/aromatic N) is 2. The molecule has 0 bridgehead atoms. The van der Waals surface area contributed by atoms with E-state index in [1.165, 1.54) is 0 Å². The molecule has 128 valence electrons. The molecule has 1 aromatic rings. The Balaban J connectivity index is 2.60. The molecule has 1 rings (SSSR count). The lowest BCUT2D eigenvalue weighted by molar-refractivity contribution is -0.121. The molecule has 0 saturated carbocycles. The number of pyridine rings is 1. The predicted molar refractivity (Wildman–Crippen MR) is 91.5 cm³/mol. The third kappa shape index (κ3) is 8.04. The van der Waals surface area contributed by atoms with E-state index in [4.69, 9.17) is 4.74 Å². The van der Waals surface area contributed by atoms with Gasteiger partial charge in [-0.3, -0.25) is 4.79 Å². The number of methoxy groups -OCH3 is 1. The minimum atomic E-state index is -0.248. The lowest BCUT2D eigenvalue weighted by Gasteiger charge is -2.21. The topological polar surface area (TPSA) is 87.6 Å². The maximum atomic E-state index is 11.8. The van der Waals surface area contributed by atoms with E-state index in [1.807, 2.05) is 39.8 Å². The average molecular weight is 321 g/mol. The number of guanidine groups is 1. The van der Waals surface area contributed by atoms with Gasteiger partial charge in [0.2, 0.25) is 11.8 Å². The molecule has 23 heavy (non-hydrogen) atoms. The summed E-state index contributed by atoms with van der Waals surface area (Å²) in [7, 11) is 1.58. The zero-order valence-corrected chi connectivity index (χ0v) is 14.6. The third-order valence-corrected chi connectivity index (χ3v) is 2.70. The highest BCUT2D eigenvalue weighted by Crippen LogP contribution is 2.09. The Bertz CT molecular complexity index is 538. The summed E-state index contributed by atoms with van der Waals surface area (Å²) in [6.45, 7) is 9.16. The largest absolute Gasteiger partial charge is 0.481 e. The maximum absolute atomic E-state index is 11.8. The second-order valence-corrected chi connectivity index (χ2v) is 6.05. The fourth-order valence-corrected chi connectivity index (χ4v) is 1.80. The number of ether oxygens (including phenoxy) is 1. The molecule has 3 N–H and O–H groups in total. The minimum Gasteiger partial charge on any atom is -0.481 e. The van der Waals surface area contributed by atoms with E-state index in [2.05, 4.69) is 25.9 Å². The number of hydrogen-bond donors (Lipinski definition) is 3. The second-order valence-electron chi connectivity index (χ2n) is 6.05. The van der Waals surface area contributed by atoms with E-state index in [0.29, 0.717) is 24.9 Å². The molecule has 1 amide bonds. The van der Waals surface area contributed by atoms with Gasteiger partial charge in [0.15, 0.2) is 5.96 Å². The van der Waals surface area contributed by atoms with Crippen molar-refractivity contribution >= 4 is 11.9 Å². The molecule has 0 aliphatic carbocycles. The predicted octanol–water partition coefficient (Wildman–Crippen LogP) is 1.06. The van der Waals surface area contributed by atoms with Crippen LogP contribution in [0, 0.1) is 0 Å². The van der Waals surface area contributed by atoms with Crippen LogP contribution in [0.25, 0.3) is 0 Å². The molecule has 0 spiro atoms. The zero-order valence-electron chi connectivity index (χ0n) is 14.6. The summed E-state index contributed by atoms with van der Waals surface area (Å²) < 4.78 is 5.09. The van der Waals surface area contributed by atoms with Gasteiger partial charge in [0, 0.05) is 24.3 Å². The van der Waals surface area contributed by atoms with Crippen molar-refractivity contribution in [3.8, 4) is 5.88 Å². The first-order valence-electron chi connectivity index (χ1n) is 7.66. The van der Waals surface area contributed by atoms with Gasteiger partial charge >= 0.3 is 0 Å². The van der Waals surface area contributed by atoms with Gasteiger partial charge in [-0.25, -0.2) is 9.98 Å². The van der Waals surface area contributed by atoms with Gasteiger partial charge in [-0.1, -0.05) is 0 Å². The van der Waals surface area contributed by atoms with Gasteiger partial charge in [0.1, 0.15) is 0 Å².